The maximum Gasteiger partial charge on any atom is 0.259 e. The van der Waals surface area contributed by atoms with Gasteiger partial charge in [-0.1, -0.05) is 24.3 Å². The van der Waals surface area contributed by atoms with Gasteiger partial charge in [-0.25, -0.2) is 8.78 Å². The maximum atomic E-state index is 13.6. The normalized spacial score (nSPS) is 10.6. The summed E-state index contributed by atoms with van der Waals surface area (Å²) in [5.74, 6) is -2.50. The second-order valence-corrected chi connectivity index (χ2v) is 4.79. The first-order valence-corrected chi connectivity index (χ1v) is 6.53. The molecule has 0 spiro atoms. The number of amides is 1. The lowest BCUT2D eigenvalue weighted by molar-refractivity contribution is 0.102. The summed E-state index contributed by atoms with van der Waals surface area (Å²) in [6.07, 6.45) is 0. The Balaban J connectivity index is 1.96. The number of phenols is 1. The van der Waals surface area contributed by atoms with Crippen molar-refractivity contribution in [3.8, 4) is 5.75 Å². The van der Waals surface area contributed by atoms with Crippen molar-refractivity contribution in [1.82, 2.24) is 0 Å². The zero-order chi connectivity index (χ0) is 15.7. The van der Waals surface area contributed by atoms with E-state index in [-0.39, 0.29) is 17.0 Å². The van der Waals surface area contributed by atoms with Crippen LogP contribution in [0.5, 0.6) is 5.75 Å². The minimum atomic E-state index is -0.881. The topological polar surface area (TPSA) is 49.3 Å². The lowest BCUT2D eigenvalue weighted by Gasteiger charge is -2.09. The first-order valence-electron chi connectivity index (χ1n) is 6.53. The van der Waals surface area contributed by atoms with Gasteiger partial charge in [0.1, 0.15) is 17.4 Å². The van der Waals surface area contributed by atoms with Crippen molar-refractivity contribution >= 4 is 22.4 Å². The Kier molecular flexibility index (Phi) is 3.47. The van der Waals surface area contributed by atoms with Crippen LogP contribution in [-0.2, 0) is 0 Å². The Bertz CT molecular complexity index is 878. The lowest BCUT2D eigenvalue weighted by atomic mass is 10.1. The Morgan fingerprint density at radius 2 is 1.64 bits per heavy atom. The molecule has 3 rings (SSSR count). The lowest BCUT2D eigenvalue weighted by Crippen LogP contribution is -2.13. The Morgan fingerprint density at radius 1 is 0.955 bits per heavy atom. The molecule has 0 radical (unpaired) electrons. The fourth-order valence-corrected chi connectivity index (χ4v) is 2.19. The van der Waals surface area contributed by atoms with Crippen LogP contribution in [0.1, 0.15) is 10.4 Å². The molecule has 0 bridgehead atoms. The van der Waals surface area contributed by atoms with Gasteiger partial charge in [0.05, 0.1) is 11.3 Å². The molecule has 5 heteroatoms. The zero-order valence-corrected chi connectivity index (χ0v) is 11.3. The molecule has 0 fully saturated rings. The van der Waals surface area contributed by atoms with E-state index in [4.69, 9.17) is 0 Å². The van der Waals surface area contributed by atoms with Gasteiger partial charge in [-0.05, 0) is 35.0 Å². The van der Waals surface area contributed by atoms with E-state index in [9.17, 15) is 18.7 Å². The summed E-state index contributed by atoms with van der Waals surface area (Å²) < 4.78 is 26.4. The molecule has 0 aliphatic rings. The van der Waals surface area contributed by atoms with Crippen LogP contribution in [-0.4, -0.2) is 11.0 Å². The van der Waals surface area contributed by atoms with Crippen LogP contribution >= 0.6 is 0 Å². The van der Waals surface area contributed by atoms with E-state index < -0.39 is 17.5 Å². The second kappa shape index (κ2) is 5.44. The molecule has 1 amide bonds. The van der Waals surface area contributed by atoms with Crippen molar-refractivity contribution in [3.63, 3.8) is 0 Å². The maximum absolute atomic E-state index is 13.6. The molecule has 0 aromatic heterocycles. The van der Waals surface area contributed by atoms with Crippen LogP contribution < -0.4 is 5.32 Å². The summed E-state index contributed by atoms with van der Waals surface area (Å²) >= 11 is 0. The van der Waals surface area contributed by atoms with Crippen LogP contribution in [0.3, 0.4) is 0 Å². The van der Waals surface area contributed by atoms with E-state index in [0.29, 0.717) is 6.07 Å². The van der Waals surface area contributed by atoms with Gasteiger partial charge >= 0.3 is 0 Å². The van der Waals surface area contributed by atoms with Gasteiger partial charge in [-0.2, -0.15) is 0 Å². The van der Waals surface area contributed by atoms with Crippen LogP contribution in [0, 0.1) is 11.6 Å². The molecule has 0 aliphatic heterocycles. The van der Waals surface area contributed by atoms with E-state index in [0.717, 1.165) is 22.9 Å². The number of phenolic OH excluding ortho intramolecular Hbond substituents is 1. The SMILES string of the molecule is O=C(Nc1ccc(F)cc1F)c1cc2ccccc2cc1O. The Morgan fingerprint density at radius 3 is 2.32 bits per heavy atom. The zero-order valence-electron chi connectivity index (χ0n) is 11.3. The smallest absolute Gasteiger partial charge is 0.259 e. The molecule has 0 saturated heterocycles. The van der Waals surface area contributed by atoms with Crippen LogP contribution in [0.15, 0.2) is 54.6 Å². The molecule has 0 aliphatic carbocycles. The monoisotopic (exact) mass is 299 g/mol. The van der Waals surface area contributed by atoms with Crippen molar-refractivity contribution in [2.75, 3.05) is 5.32 Å². The highest BCUT2D eigenvalue weighted by Gasteiger charge is 2.14. The van der Waals surface area contributed by atoms with Gasteiger partial charge in [-0.15, -0.1) is 0 Å². The number of anilines is 1. The number of fused-ring (bicyclic) bond motifs is 1. The summed E-state index contributed by atoms with van der Waals surface area (Å²) in [6.45, 7) is 0. The average Bonchev–Trinajstić information content (AvgIpc) is 2.49. The summed E-state index contributed by atoms with van der Waals surface area (Å²) in [5.41, 5.74) is -0.138. The second-order valence-electron chi connectivity index (χ2n) is 4.79. The van der Waals surface area contributed by atoms with E-state index in [1.54, 1.807) is 18.2 Å². The summed E-state index contributed by atoms with van der Waals surface area (Å²) in [6, 6.07) is 13.0. The summed E-state index contributed by atoms with van der Waals surface area (Å²) in [4.78, 5) is 12.2. The van der Waals surface area contributed by atoms with Crippen molar-refractivity contribution in [1.29, 1.82) is 0 Å². The molecule has 2 N–H and O–H groups in total. The summed E-state index contributed by atoms with van der Waals surface area (Å²) in [7, 11) is 0. The number of hydrogen-bond donors (Lipinski definition) is 2. The van der Waals surface area contributed by atoms with Gasteiger partial charge in [0.25, 0.3) is 5.91 Å². The van der Waals surface area contributed by atoms with E-state index in [2.05, 4.69) is 5.32 Å². The summed E-state index contributed by atoms with van der Waals surface area (Å²) in [5, 5.41) is 13.8. The van der Waals surface area contributed by atoms with Crippen molar-refractivity contribution in [3.05, 3.63) is 71.8 Å². The Labute approximate surface area is 124 Å². The third-order valence-corrected chi connectivity index (χ3v) is 3.29. The van der Waals surface area contributed by atoms with Gasteiger partial charge in [-0.3, -0.25) is 4.79 Å². The predicted octanol–water partition coefficient (Wildman–Crippen LogP) is 4.08. The molecule has 110 valence electrons. The van der Waals surface area contributed by atoms with Crippen LogP contribution in [0.2, 0.25) is 0 Å². The van der Waals surface area contributed by atoms with Gasteiger partial charge in [0.2, 0.25) is 0 Å². The molecule has 3 nitrogen and oxygen atoms in total. The number of benzene rings is 3. The fraction of sp³-hybridized carbons (Fsp3) is 0. The first-order chi connectivity index (χ1) is 10.5. The molecule has 3 aromatic rings. The average molecular weight is 299 g/mol. The van der Waals surface area contributed by atoms with E-state index >= 15 is 0 Å². The van der Waals surface area contributed by atoms with Crippen molar-refractivity contribution < 1.29 is 18.7 Å². The molecule has 0 saturated carbocycles. The van der Waals surface area contributed by atoms with Crippen molar-refractivity contribution in [2.45, 2.75) is 0 Å². The highest BCUT2D eigenvalue weighted by molar-refractivity contribution is 6.08. The Hall–Kier alpha value is -2.95. The highest BCUT2D eigenvalue weighted by Crippen LogP contribution is 2.26. The van der Waals surface area contributed by atoms with Gasteiger partial charge in [0.15, 0.2) is 0 Å². The number of carbonyl (C=O) groups excluding carboxylic acids is 1. The van der Waals surface area contributed by atoms with Gasteiger partial charge in [0, 0.05) is 6.07 Å². The number of aromatic hydroxyl groups is 1. The number of hydrogen-bond acceptors (Lipinski definition) is 2. The minimum absolute atomic E-state index is 0.0161. The molecule has 0 heterocycles. The highest BCUT2D eigenvalue weighted by atomic mass is 19.1. The number of halogens is 2. The van der Waals surface area contributed by atoms with Crippen LogP contribution in [0.25, 0.3) is 10.8 Å². The molecule has 3 aromatic carbocycles. The molecular weight excluding hydrogens is 288 g/mol. The first kappa shape index (κ1) is 14.0. The fourth-order valence-electron chi connectivity index (χ4n) is 2.19. The molecule has 0 atom stereocenters. The van der Waals surface area contributed by atoms with Crippen molar-refractivity contribution in [2.24, 2.45) is 0 Å². The van der Waals surface area contributed by atoms with E-state index in [1.807, 2.05) is 6.07 Å². The van der Waals surface area contributed by atoms with Crippen LogP contribution in [0.4, 0.5) is 14.5 Å². The minimum Gasteiger partial charge on any atom is -0.507 e. The molecule has 0 unspecified atom stereocenters. The number of rotatable bonds is 2. The third kappa shape index (κ3) is 2.61. The largest absolute Gasteiger partial charge is 0.507 e. The molecule has 22 heavy (non-hydrogen) atoms. The number of nitrogens with one attached hydrogen (secondary N) is 1. The third-order valence-electron chi connectivity index (χ3n) is 3.29. The van der Waals surface area contributed by atoms with Gasteiger partial charge < -0.3 is 10.4 Å². The predicted molar refractivity (Wildman–Crippen MR) is 79.9 cm³/mol. The molecular formula is C17H11F2NO2. The van der Waals surface area contributed by atoms with E-state index in [1.165, 1.54) is 12.1 Å². The number of carbonyl (C=O) groups is 1. The quantitative estimate of drug-likeness (QED) is 0.749. The standard InChI is InChI=1S/C17H11F2NO2/c18-12-5-6-15(14(19)9-12)20-17(22)13-7-10-3-1-2-4-11(10)8-16(13)21/h1-9,21H,(H,20,22).